The molecule has 0 aliphatic carbocycles. The second kappa shape index (κ2) is 4.49. The van der Waals surface area contributed by atoms with Crippen LogP contribution in [-0.4, -0.2) is 22.0 Å². The van der Waals surface area contributed by atoms with Gasteiger partial charge in [-0.15, -0.1) is 5.10 Å². The number of nitrogens with one attached hydrogen (secondary N) is 1. The SMILES string of the molecule is CC(=O)NC1=NN(C(C)=O)[C@@](C)(c2ccco2)S1. The molecule has 0 bridgehead atoms. The Kier molecular flexibility index (Phi) is 3.16. The van der Waals surface area contributed by atoms with Crippen LogP contribution >= 0.6 is 11.8 Å². The van der Waals surface area contributed by atoms with Gasteiger partial charge in [0.2, 0.25) is 11.8 Å². The molecule has 0 fully saturated rings. The van der Waals surface area contributed by atoms with E-state index in [0.717, 1.165) is 0 Å². The summed E-state index contributed by atoms with van der Waals surface area (Å²) < 4.78 is 5.35. The van der Waals surface area contributed by atoms with Gasteiger partial charge in [0, 0.05) is 13.8 Å². The second-order valence-electron chi connectivity index (χ2n) is 3.98. The normalized spacial score (nSPS) is 22.8. The zero-order valence-electron chi connectivity index (χ0n) is 10.3. The number of furan rings is 1. The standard InChI is InChI=1S/C11H13N3O3S/c1-7(15)12-10-13-14(8(2)16)11(3,18-10)9-5-4-6-17-9/h4-6H,1-3H3,(H,12,13,15)/t11-/m1/s1. The van der Waals surface area contributed by atoms with Gasteiger partial charge in [-0.25, -0.2) is 5.01 Å². The van der Waals surface area contributed by atoms with E-state index in [2.05, 4.69) is 10.4 Å². The van der Waals surface area contributed by atoms with Gasteiger partial charge in [-0.3, -0.25) is 9.59 Å². The molecular weight excluding hydrogens is 254 g/mol. The number of amides is 2. The first-order valence-corrected chi connectivity index (χ1v) is 6.15. The maximum Gasteiger partial charge on any atom is 0.241 e. The van der Waals surface area contributed by atoms with Crippen LogP contribution in [0.5, 0.6) is 0 Å². The zero-order chi connectivity index (χ0) is 13.3. The van der Waals surface area contributed by atoms with Crippen LogP contribution < -0.4 is 5.32 Å². The highest BCUT2D eigenvalue weighted by molar-refractivity contribution is 8.14. The molecule has 7 heteroatoms. The fourth-order valence-corrected chi connectivity index (χ4v) is 2.87. The van der Waals surface area contributed by atoms with Crippen molar-refractivity contribution in [3.05, 3.63) is 24.2 Å². The van der Waals surface area contributed by atoms with E-state index in [1.807, 2.05) is 6.92 Å². The molecule has 2 amide bonds. The summed E-state index contributed by atoms with van der Waals surface area (Å²) in [5, 5.41) is 8.38. The predicted molar refractivity (Wildman–Crippen MR) is 67.4 cm³/mol. The lowest BCUT2D eigenvalue weighted by atomic mass is 10.2. The molecule has 96 valence electrons. The van der Waals surface area contributed by atoms with E-state index in [4.69, 9.17) is 4.42 Å². The molecule has 2 heterocycles. The summed E-state index contributed by atoms with van der Waals surface area (Å²) in [7, 11) is 0. The number of nitrogens with zero attached hydrogens (tertiary/aromatic N) is 2. The quantitative estimate of drug-likeness (QED) is 0.835. The Morgan fingerprint density at radius 3 is 2.72 bits per heavy atom. The Hall–Kier alpha value is -1.76. The second-order valence-corrected chi connectivity index (χ2v) is 5.37. The molecule has 0 spiro atoms. The number of thioether (sulfide) groups is 1. The maximum absolute atomic E-state index is 11.6. The fourth-order valence-electron chi connectivity index (χ4n) is 1.71. The van der Waals surface area contributed by atoms with Crippen molar-refractivity contribution in [2.24, 2.45) is 5.10 Å². The molecule has 0 aromatic carbocycles. The van der Waals surface area contributed by atoms with Gasteiger partial charge < -0.3 is 9.73 Å². The third-order valence-corrected chi connectivity index (χ3v) is 3.60. The van der Waals surface area contributed by atoms with Gasteiger partial charge in [0.15, 0.2) is 10.0 Å². The van der Waals surface area contributed by atoms with Gasteiger partial charge in [0.25, 0.3) is 0 Å². The summed E-state index contributed by atoms with van der Waals surface area (Å²) in [4.78, 5) is 21.9. The number of hydrogen-bond acceptors (Lipinski definition) is 5. The fraction of sp³-hybridized carbons (Fsp3) is 0.364. The van der Waals surface area contributed by atoms with E-state index < -0.39 is 4.87 Å². The third-order valence-electron chi connectivity index (χ3n) is 2.45. The third kappa shape index (κ3) is 2.13. The van der Waals surface area contributed by atoms with Crippen LogP contribution in [0.3, 0.4) is 0 Å². The molecule has 0 saturated carbocycles. The van der Waals surface area contributed by atoms with Gasteiger partial charge in [0.05, 0.1) is 6.26 Å². The van der Waals surface area contributed by atoms with Crippen molar-refractivity contribution >= 4 is 28.7 Å². The van der Waals surface area contributed by atoms with E-state index in [0.29, 0.717) is 10.9 Å². The van der Waals surface area contributed by atoms with Crippen LogP contribution in [0.2, 0.25) is 0 Å². The average Bonchev–Trinajstić information content (AvgIpc) is 2.85. The highest BCUT2D eigenvalue weighted by Crippen LogP contribution is 2.44. The topological polar surface area (TPSA) is 74.9 Å². The van der Waals surface area contributed by atoms with Crippen LogP contribution in [0.25, 0.3) is 0 Å². The first-order chi connectivity index (χ1) is 8.43. The predicted octanol–water partition coefficient (Wildman–Crippen LogP) is 1.45. The first-order valence-electron chi connectivity index (χ1n) is 5.33. The van der Waals surface area contributed by atoms with Crippen molar-refractivity contribution in [3.8, 4) is 0 Å². The first kappa shape index (κ1) is 12.7. The summed E-state index contributed by atoms with van der Waals surface area (Å²) in [6, 6.07) is 3.52. The van der Waals surface area contributed by atoms with Crippen molar-refractivity contribution in [2.45, 2.75) is 25.6 Å². The molecule has 1 aromatic heterocycles. The molecule has 1 aliphatic heterocycles. The molecule has 1 atom stereocenters. The average molecular weight is 267 g/mol. The minimum atomic E-state index is -0.771. The zero-order valence-corrected chi connectivity index (χ0v) is 11.1. The van der Waals surface area contributed by atoms with Crippen LogP contribution in [0.15, 0.2) is 27.9 Å². The van der Waals surface area contributed by atoms with Crippen molar-refractivity contribution in [3.63, 3.8) is 0 Å². The minimum Gasteiger partial charge on any atom is -0.466 e. The molecule has 1 N–H and O–H groups in total. The van der Waals surface area contributed by atoms with Gasteiger partial charge in [-0.2, -0.15) is 0 Å². The molecule has 0 saturated heterocycles. The number of carbonyl (C=O) groups excluding carboxylic acids is 2. The molecule has 18 heavy (non-hydrogen) atoms. The van der Waals surface area contributed by atoms with E-state index in [1.54, 1.807) is 12.1 Å². The smallest absolute Gasteiger partial charge is 0.241 e. The van der Waals surface area contributed by atoms with Gasteiger partial charge >= 0.3 is 0 Å². The summed E-state index contributed by atoms with van der Waals surface area (Å²) >= 11 is 1.26. The maximum atomic E-state index is 11.6. The van der Waals surface area contributed by atoms with E-state index >= 15 is 0 Å². The van der Waals surface area contributed by atoms with E-state index in [-0.39, 0.29) is 11.8 Å². The lowest BCUT2D eigenvalue weighted by Crippen LogP contribution is -2.37. The highest BCUT2D eigenvalue weighted by Gasteiger charge is 2.46. The number of amidine groups is 1. The molecular formula is C11H13N3O3S. The van der Waals surface area contributed by atoms with Crippen molar-refractivity contribution < 1.29 is 14.0 Å². The van der Waals surface area contributed by atoms with Gasteiger partial charge in [-0.05, 0) is 30.8 Å². The van der Waals surface area contributed by atoms with Gasteiger partial charge in [-0.1, -0.05) is 0 Å². The van der Waals surface area contributed by atoms with E-state index in [9.17, 15) is 9.59 Å². The molecule has 2 rings (SSSR count). The minimum absolute atomic E-state index is 0.221. The number of rotatable bonds is 1. The number of hydrazone groups is 1. The van der Waals surface area contributed by atoms with E-state index in [1.165, 1.54) is 36.9 Å². The Labute approximate surface area is 108 Å². The lowest BCUT2D eigenvalue weighted by Gasteiger charge is -2.28. The monoisotopic (exact) mass is 267 g/mol. The Morgan fingerprint density at radius 1 is 1.50 bits per heavy atom. The largest absolute Gasteiger partial charge is 0.466 e. The number of hydrogen-bond donors (Lipinski definition) is 1. The lowest BCUT2D eigenvalue weighted by molar-refractivity contribution is -0.132. The highest BCUT2D eigenvalue weighted by atomic mass is 32.2. The summed E-state index contributed by atoms with van der Waals surface area (Å²) in [5.41, 5.74) is 0. The Morgan fingerprint density at radius 2 is 2.22 bits per heavy atom. The summed E-state index contributed by atoms with van der Waals surface area (Å²) in [5.74, 6) is 0.155. The molecule has 1 aliphatic rings. The molecule has 1 aromatic rings. The van der Waals surface area contributed by atoms with Crippen molar-refractivity contribution in [1.29, 1.82) is 0 Å². The van der Waals surface area contributed by atoms with Crippen LogP contribution in [-0.2, 0) is 14.5 Å². The molecule has 0 radical (unpaired) electrons. The number of carbonyl (C=O) groups is 2. The van der Waals surface area contributed by atoms with Crippen molar-refractivity contribution in [2.75, 3.05) is 0 Å². The van der Waals surface area contributed by atoms with Crippen LogP contribution in [0, 0.1) is 0 Å². The van der Waals surface area contributed by atoms with Gasteiger partial charge in [0.1, 0.15) is 5.76 Å². The Balaban J connectivity index is 2.33. The van der Waals surface area contributed by atoms with Crippen molar-refractivity contribution in [1.82, 2.24) is 10.3 Å². The molecule has 6 nitrogen and oxygen atoms in total. The summed E-state index contributed by atoms with van der Waals surface area (Å²) in [6.45, 7) is 4.63. The summed E-state index contributed by atoms with van der Waals surface area (Å²) in [6.07, 6.45) is 1.54. The van der Waals surface area contributed by atoms with Crippen LogP contribution in [0.1, 0.15) is 26.5 Å². The van der Waals surface area contributed by atoms with Crippen LogP contribution in [0.4, 0.5) is 0 Å². The Bertz CT molecular complexity index is 512. The molecule has 0 unspecified atom stereocenters.